The zero-order chi connectivity index (χ0) is 25.4. The number of hydrogen-bond acceptors (Lipinski definition) is 6. The van der Waals surface area contributed by atoms with Crippen molar-refractivity contribution in [2.45, 2.75) is 32.9 Å². The molecular weight excluding hydrogens is 476 g/mol. The van der Waals surface area contributed by atoms with Crippen molar-refractivity contribution in [2.24, 2.45) is 0 Å². The number of ether oxygens (including phenoxy) is 1. The van der Waals surface area contributed by atoms with Gasteiger partial charge in [-0.2, -0.15) is 5.10 Å². The first-order valence-corrected chi connectivity index (χ1v) is 13.6. The summed E-state index contributed by atoms with van der Waals surface area (Å²) in [5.74, 6) is 0.625. The molecule has 0 spiro atoms. The zero-order valence-corrected chi connectivity index (χ0v) is 21.3. The second-order valence-corrected chi connectivity index (χ2v) is 11.5. The van der Waals surface area contributed by atoms with Gasteiger partial charge in [0.25, 0.3) is 5.91 Å². The SMILES string of the molecule is COc1ccc(-c2cc(C(=O)NCc3ccc(C)cc3)c3c(C)nn(C4CCS(=O)(=O)C4)c3n2)cc1. The first kappa shape index (κ1) is 24.0. The number of carbonyl (C=O) groups excluding carboxylic acids is 1. The lowest BCUT2D eigenvalue weighted by Crippen LogP contribution is -2.23. The van der Waals surface area contributed by atoms with Gasteiger partial charge in [-0.15, -0.1) is 0 Å². The highest BCUT2D eigenvalue weighted by Gasteiger charge is 2.32. The number of methoxy groups -OCH3 is 1. The van der Waals surface area contributed by atoms with Crippen molar-refractivity contribution in [1.82, 2.24) is 20.1 Å². The number of amides is 1. The fourth-order valence-corrected chi connectivity index (χ4v) is 6.30. The predicted molar refractivity (Wildman–Crippen MR) is 139 cm³/mol. The number of sulfone groups is 1. The third-order valence-corrected chi connectivity index (χ3v) is 8.35. The van der Waals surface area contributed by atoms with E-state index in [1.165, 1.54) is 0 Å². The van der Waals surface area contributed by atoms with Crippen LogP contribution in [0.15, 0.2) is 54.6 Å². The van der Waals surface area contributed by atoms with Crippen molar-refractivity contribution in [3.05, 3.63) is 77.0 Å². The van der Waals surface area contributed by atoms with Crippen molar-refractivity contribution in [3.63, 3.8) is 0 Å². The first-order valence-electron chi connectivity index (χ1n) is 11.8. The molecule has 3 heterocycles. The van der Waals surface area contributed by atoms with Crippen LogP contribution in [-0.2, 0) is 16.4 Å². The molecule has 4 aromatic rings. The molecule has 0 saturated carbocycles. The molecule has 0 bridgehead atoms. The Morgan fingerprint density at radius 1 is 1.11 bits per heavy atom. The van der Waals surface area contributed by atoms with E-state index >= 15 is 0 Å². The molecule has 8 nitrogen and oxygen atoms in total. The summed E-state index contributed by atoms with van der Waals surface area (Å²) in [7, 11) is -1.52. The largest absolute Gasteiger partial charge is 0.497 e. The molecule has 5 rings (SSSR count). The molecule has 0 aliphatic carbocycles. The Bertz CT molecular complexity index is 1540. The minimum absolute atomic E-state index is 0.0205. The molecule has 2 aromatic carbocycles. The molecule has 1 N–H and O–H groups in total. The number of hydrogen-bond donors (Lipinski definition) is 1. The Kier molecular flexibility index (Phi) is 6.26. The predicted octanol–water partition coefficient (Wildman–Crippen LogP) is 4.01. The molecule has 1 atom stereocenters. The second kappa shape index (κ2) is 9.39. The summed E-state index contributed by atoms with van der Waals surface area (Å²) >= 11 is 0. The van der Waals surface area contributed by atoms with Gasteiger partial charge in [-0.3, -0.25) is 4.79 Å². The normalized spacial score (nSPS) is 16.8. The Balaban J connectivity index is 1.59. The van der Waals surface area contributed by atoms with Gasteiger partial charge in [0.1, 0.15) is 5.75 Å². The van der Waals surface area contributed by atoms with Crippen molar-refractivity contribution >= 4 is 26.8 Å². The van der Waals surface area contributed by atoms with Gasteiger partial charge in [0.05, 0.1) is 47.0 Å². The van der Waals surface area contributed by atoms with Crippen LogP contribution in [0.5, 0.6) is 5.75 Å². The molecular formula is C27H28N4O4S. The minimum atomic E-state index is -3.12. The van der Waals surface area contributed by atoms with E-state index in [1.807, 2.05) is 62.4 Å². The maximum absolute atomic E-state index is 13.5. The molecule has 1 unspecified atom stereocenters. The second-order valence-electron chi connectivity index (χ2n) is 9.24. The smallest absolute Gasteiger partial charge is 0.252 e. The highest BCUT2D eigenvalue weighted by molar-refractivity contribution is 7.91. The maximum atomic E-state index is 13.5. The monoisotopic (exact) mass is 504 g/mol. The number of rotatable bonds is 6. The van der Waals surface area contributed by atoms with Gasteiger partial charge >= 0.3 is 0 Å². The number of pyridine rings is 1. The summed E-state index contributed by atoms with van der Waals surface area (Å²) in [5, 5.41) is 8.32. The van der Waals surface area contributed by atoms with Gasteiger partial charge in [0.15, 0.2) is 15.5 Å². The van der Waals surface area contributed by atoms with Crippen LogP contribution in [0.2, 0.25) is 0 Å². The quantitative estimate of drug-likeness (QED) is 0.426. The molecule has 1 amide bonds. The topological polar surface area (TPSA) is 103 Å². The Hall–Kier alpha value is -3.72. The summed E-state index contributed by atoms with van der Waals surface area (Å²) in [5.41, 5.74) is 5.19. The zero-order valence-electron chi connectivity index (χ0n) is 20.5. The number of carbonyl (C=O) groups is 1. The van der Waals surface area contributed by atoms with E-state index in [1.54, 1.807) is 17.9 Å². The molecule has 1 saturated heterocycles. The van der Waals surface area contributed by atoms with Crippen LogP contribution in [0.4, 0.5) is 0 Å². The van der Waals surface area contributed by atoms with Gasteiger partial charge in [-0.05, 0) is 56.2 Å². The first-order chi connectivity index (χ1) is 17.2. The van der Waals surface area contributed by atoms with E-state index in [0.717, 1.165) is 16.7 Å². The Labute approximate surface area is 210 Å². The average molecular weight is 505 g/mol. The van der Waals surface area contributed by atoms with Gasteiger partial charge in [0.2, 0.25) is 0 Å². The van der Waals surface area contributed by atoms with Gasteiger partial charge in [0, 0.05) is 12.1 Å². The third kappa shape index (κ3) is 4.70. The van der Waals surface area contributed by atoms with E-state index in [4.69, 9.17) is 9.72 Å². The van der Waals surface area contributed by atoms with Crippen molar-refractivity contribution < 1.29 is 17.9 Å². The number of aromatic nitrogens is 3. The fourth-order valence-electron chi connectivity index (χ4n) is 4.61. The van der Waals surface area contributed by atoms with Crippen LogP contribution in [0, 0.1) is 13.8 Å². The standard InChI is InChI=1S/C27H28N4O4S/c1-17-4-6-19(7-5-17)15-28-27(32)23-14-24(20-8-10-22(35-3)11-9-20)29-26-25(23)18(2)30-31(26)21-12-13-36(33,34)16-21/h4-11,14,21H,12-13,15-16H2,1-3H3,(H,28,32). The lowest BCUT2D eigenvalue weighted by molar-refractivity contribution is 0.0952. The van der Waals surface area contributed by atoms with Crippen LogP contribution in [0.1, 0.15) is 39.6 Å². The molecule has 2 aromatic heterocycles. The molecule has 1 aliphatic heterocycles. The lowest BCUT2D eigenvalue weighted by atomic mass is 10.0. The molecule has 1 fully saturated rings. The maximum Gasteiger partial charge on any atom is 0.252 e. The molecule has 9 heteroatoms. The Morgan fingerprint density at radius 2 is 1.83 bits per heavy atom. The summed E-state index contributed by atoms with van der Waals surface area (Å²) in [4.78, 5) is 18.3. The molecule has 0 radical (unpaired) electrons. The minimum Gasteiger partial charge on any atom is -0.497 e. The van der Waals surface area contributed by atoms with Gasteiger partial charge < -0.3 is 10.1 Å². The van der Waals surface area contributed by atoms with Crippen LogP contribution < -0.4 is 10.1 Å². The van der Waals surface area contributed by atoms with Crippen molar-refractivity contribution in [2.75, 3.05) is 18.6 Å². The Morgan fingerprint density at radius 3 is 2.47 bits per heavy atom. The number of aryl methyl sites for hydroxylation is 2. The number of fused-ring (bicyclic) bond motifs is 1. The number of nitrogens with zero attached hydrogens (tertiary/aromatic N) is 3. The summed E-state index contributed by atoms with van der Waals surface area (Å²) in [6.45, 7) is 4.23. The van der Waals surface area contributed by atoms with E-state index < -0.39 is 9.84 Å². The molecule has 1 aliphatic rings. The van der Waals surface area contributed by atoms with Crippen LogP contribution in [0.3, 0.4) is 0 Å². The van der Waals surface area contributed by atoms with Crippen molar-refractivity contribution in [3.8, 4) is 17.0 Å². The van der Waals surface area contributed by atoms with Crippen molar-refractivity contribution in [1.29, 1.82) is 0 Å². The summed E-state index contributed by atoms with van der Waals surface area (Å²) < 4.78 is 31.3. The summed E-state index contributed by atoms with van der Waals surface area (Å²) in [6, 6.07) is 16.9. The van der Waals surface area contributed by atoms with Crippen LogP contribution in [0.25, 0.3) is 22.3 Å². The fraction of sp³-hybridized carbons (Fsp3) is 0.296. The lowest BCUT2D eigenvalue weighted by Gasteiger charge is -2.13. The van der Waals surface area contributed by atoms with Gasteiger partial charge in [-0.1, -0.05) is 29.8 Å². The third-order valence-electron chi connectivity index (χ3n) is 6.60. The highest BCUT2D eigenvalue weighted by Crippen LogP contribution is 2.32. The average Bonchev–Trinajstić information content (AvgIpc) is 3.41. The van der Waals surface area contributed by atoms with Crippen LogP contribution >= 0.6 is 0 Å². The molecule has 186 valence electrons. The number of nitrogens with one attached hydrogen (secondary N) is 1. The molecule has 36 heavy (non-hydrogen) atoms. The van der Waals surface area contributed by atoms with E-state index in [-0.39, 0.29) is 23.5 Å². The van der Waals surface area contributed by atoms with Gasteiger partial charge in [-0.25, -0.2) is 18.1 Å². The summed E-state index contributed by atoms with van der Waals surface area (Å²) in [6.07, 6.45) is 0.474. The van der Waals surface area contributed by atoms with E-state index in [0.29, 0.717) is 46.7 Å². The van der Waals surface area contributed by atoms with E-state index in [2.05, 4.69) is 10.4 Å². The highest BCUT2D eigenvalue weighted by atomic mass is 32.2. The van der Waals surface area contributed by atoms with Crippen LogP contribution in [-0.4, -0.2) is 47.7 Å². The van der Waals surface area contributed by atoms with E-state index in [9.17, 15) is 13.2 Å². The number of benzene rings is 2.